The Labute approximate surface area is 312 Å². The molecule has 0 unspecified atom stereocenters. The smallest absolute Gasteiger partial charge is 0.321 e. The maximum atomic E-state index is 14.4. The minimum Gasteiger partial charge on any atom is -0.411 e. The Hall–Kier alpha value is -4.85. The predicted octanol–water partition coefficient (Wildman–Crippen LogP) is 5.13. The summed E-state index contributed by atoms with van der Waals surface area (Å²) in [6.45, 7) is 8.69. The van der Waals surface area contributed by atoms with Gasteiger partial charge in [0.25, 0.3) is 0 Å². The molecule has 3 amide bonds. The average molecular weight is 743 g/mol. The van der Waals surface area contributed by atoms with Crippen molar-refractivity contribution in [2.75, 3.05) is 26.2 Å². The van der Waals surface area contributed by atoms with Gasteiger partial charge in [-0.15, -0.1) is 0 Å². The van der Waals surface area contributed by atoms with E-state index < -0.39 is 34.1 Å². The quantitative estimate of drug-likeness (QED) is 0.0770. The normalized spacial score (nSPS) is 16.1. The molecule has 2 heterocycles. The Morgan fingerprint density at radius 2 is 1.70 bits per heavy atom. The number of rotatable bonds is 17. The number of aliphatic hydroxyl groups is 1. The van der Waals surface area contributed by atoms with Crippen LogP contribution in [0.15, 0.2) is 101 Å². The Morgan fingerprint density at radius 3 is 2.38 bits per heavy atom. The van der Waals surface area contributed by atoms with Gasteiger partial charge >= 0.3 is 6.03 Å². The highest BCUT2D eigenvalue weighted by Crippen LogP contribution is 2.26. The van der Waals surface area contributed by atoms with Crippen LogP contribution in [0, 0.1) is 11.8 Å². The minimum atomic E-state index is -4.07. The number of aliphatic hydroxyl groups excluding tert-OH is 1. The number of hydrogen-bond acceptors (Lipinski definition) is 8. The lowest BCUT2D eigenvalue weighted by Crippen LogP contribution is -2.57. The molecule has 0 radical (unpaired) electrons. The zero-order valence-corrected chi connectivity index (χ0v) is 31.6. The summed E-state index contributed by atoms with van der Waals surface area (Å²) in [6.07, 6.45) is 2.50. The zero-order chi connectivity index (χ0) is 38.1. The number of nitrogens with zero attached hydrogens (tertiary/aromatic N) is 5. The Bertz CT molecular complexity index is 1970. The predicted molar refractivity (Wildman–Crippen MR) is 205 cm³/mol. The number of oxime groups is 1. The molecule has 1 saturated heterocycles. The number of carbonyl (C=O) groups excluding carboxylic acids is 2. The number of para-hydroxylation sites is 1. The molecule has 1 aromatic heterocycles. The van der Waals surface area contributed by atoms with Crippen LogP contribution in [0.1, 0.15) is 50.8 Å². The molecular formula is C40H50N6O6S. The molecule has 4 aromatic rings. The van der Waals surface area contributed by atoms with Crippen molar-refractivity contribution in [3.8, 4) is 0 Å². The number of hydrogen-bond donors (Lipinski definition) is 3. The second kappa shape index (κ2) is 17.8. The number of carbonyl (C=O) groups is 2. The topological polar surface area (TPSA) is 156 Å². The van der Waals surface area contributed by atoms with Crippen molar-refractivity contribution in [3.05, 3.63) is 108 Å². The number of aromatic nitrogens is 1. The second-order valence-electron chi connectivity index (χ2n) is 14.1. The van der Waals surface area contributed by atoms with E-state index in [1.165, 1.54) is 34.8 Å². The summed E-state index contributed by atoms with van der Waals surface area (Å²) in [7, 11) is -4.07. The van der Waals surface area contributed by atoms with Crippen molar-refractivity contribution < 1.29 is 28.3 Å². The number of sulfonamides is 1. The highest BCUT2D eigenvalue weighted by molar-refractivity contribution is 7.89. The summed E-state index contributed by atoms with van der Waals surface area (Å²) < 4.78 is 29.1. The highest BCUT2D eigenvalue weighted by Gasteiger charge is 2.41. The first kappa shape index (κ1) is 39.4. The zero-order valence-electron chi connectivity index (χ0n) is 30.7. The molecule has 3 aromatic carbocycles. The fourth-order valence-electron chi connectivity index (χ4n) is 6.81. The Kier molecular flexibility index (Phi) is 13.2. The summed E-state index contributed by atoms with van der Waals surface area (Å²) in [5, 5.41) is 27.8. The molecule has 1 aliphatic rings. The van der Waals surface area contributed by atoms with E-state index in [1.807, 2.05) is 88.4 Å². The molecule has 0 saturated carbocycles. The van der Waals surface area contributed by atoms with Crippen LogP contribution in [0.25, 0.3) is 10.9 Å². The fraction of sp³-hybridized carbons (Fsp3) is 0.400. The standard InChI is InChI=1S/C40H50N6O6S/c1-5-29(4)38(46-22-21-44(40(46)49)26-33-14-9-13-32-15-10-20-41-37(32)33)39(48)43-35(23-30-11-7-6-8-12-30)36(47)27-45(25-28(2)3)53(51,52)34-18-16-31(17-19-34)24-42-50/h6-20,24,28-29,35-36,38,47,50H,5,21-23,25-27H2,1-4H3,(H,43,48)/t29-,35-,36+,38-/m0/s1. The average Bonchev–Trinajstić information content (AvgIpc) is 3.50. The number of nitrogens with one attached hydrogen (secondary N) is 1. The van der Waals surface area contributed by atoms with Gasteiger partial charge in [0.05, 0.1) is 28.8 Å². The molecule has 4 atom stereocenters. The van der Waals surface area contributed by atoms with Gasteiger partial charge in [0, 0.05) is 44.3 Å². The highest BCUT2D eigenvalue weighted by atomic mass is 32.2. The van der Waals surface area contributed by atoms with Crippen LogP contribution in [-0.2, 0) is 27.8 Å². The molecule has 1 aliphatic heterocycles. The van der Waals surface area contributed by atoms with Gasteiger partial charge in [-0.05, 0) is 53.1 Å². The van der Waals surface area contributed by atoms with E-state index in [0.717, 1.165) is 22.0 Å². The molecule has 282 valence electrons. The first-order valence-corrected chi connectivity index (χ1v) is 19.5. The molecule has 13 heteroatoms. The van der Waals surface area contributed by atoms with Gasteiger partial charge in [-0.3, -0.25) is 9.78 Å². The van der Waals surface area contributed by atoms with Crippen LogP contribution >= 0.6 is 0 Å². The van der Waals surface area contributed by atoms with E-state index in [0.29, 0.717) is 31.6 Å². The number of fused-ring (bicyclic) bond motifs is 1. The fourth-order valence-corrected chi connectivity index (χ4v) is 8.43. The summed E-state index contributed by atoms with van der Waals surface area (Å²) in [4.78, 5) is 36.3. The summed E-state index contributed by atoms with van der Waals surface area (Å²) >= 11 is 0. The van der Waals surface area contributed by atoms with Crippen molar-refractivity contribution in [2.24, 2.45) is 17.0 Å². The van der Waals surface area contributed by atoms with Gasteiger partial charge in [-0.25, -0.2) is 13.2 Å². The van der Waals surface area contributed by atoms with Crippen LogP contribution in [0.5, 0.6) is 0 Å². The summed E-state index contributed by atoms with van der Waals surface area (Å²) in [5.74, 6) is -0.673. The lowest BCUT2D eigenvalue weighted by atomic mass is 9.95. The van der Waals surface area contributed by atoms with E-state index in [1.54, 1.807) is 16.0 Å². The third kappa shape index (κ3) is 9.58. The van der Waals surface area contributed by atoms with Crippen molar-refractivity contribution in [1.29, 1.82) is 0 Å². The van der Waals surface area contributed by atoms with Crippen molar-refractivity contribution in [1.82, 2.24) is 24.4 Å². The SMILES string of the molecule is CC[C@H](C)[C@@H](C(=O)N[C@@H](Cc1ccccc1)[C@H](O)CN(CC(C)C)S(=O)(=O)c1ccc(C=NO)cc1)N1CCN(Cc2cccc3cccnc23)C1=O. The lowest BCUT2D eigenvalue weighted by molar-refractivity contribution is -0.128. The first-order valence-electron chi connectivity index (χ1n) is 18.1. The van der Waals surface area contributed by atoms with Crippen LogP contribution in [0.2, 0.25) is 0 Å². The van der Waals surface area contributed by atoms with Crippen molar-refractivity contribution in [2.45, 2.75) is 70.2 Å². The van der Waals surface area contributed by atoms with E-state index in [-0.39, 0.29) is 42.3 Å². The summed E-state index contributed by atoms with van der Waals surface area (Å²) in [5.41, 5.74) is 3.12. The number of pyridine rings is 1. The Balaban J connectivity index is 1.39. The molecule has 53 heavy (non-hydrogen) atoms. The molecule has 0 bridgehead atoms. The van der Waals surface area contributed by atoms with Crippen LogP contribution in [0.4, 0.5) is 4.79 Å². The van der Waals surface area contributed by atoms with E-state index in [9.17, 15) is 23.1 Å². The molecule has 5 rings (SSSR count). The number of benzene rings is 3. The third-order valence-corrected chi connectivity index (χ3v) is 11.6. The maximum Gasteiger partial charge on any atom is 0.321 e. The van der Waals surface area contributed by atoms with Crippen molar-refractivity contribution in [3.63, 3.8) is 0 Å². The van der Waals surface area contributed by atoms with Gasteiger partial charge in [0.15, 0.2) is 0 Å². The molecule has 3 N–H and O–H groups in total. The maximum absolute atomic E-state index is 14.4. The van der Waals surface area contributed by atoms with Gasteiger partial charge < -0.3 is 25.4 Å². The largest absolute Gasteiger partial charge is 0.411 e. The second-order valence-corrected chi connectivity index (χ2v) is 16.1. The van der Waals surface area contributed by atoms with E-state index >= 15 is 0 Å². The molecule has 0 aliphatic carbocycles. The molecule has 0 spiro atoms. The van der Waals surface area contributed by atoms with Crippen molar-refractivity contribution >= 4 is 39.1 Å². The summed E-state index contributed by atoms with van der Waals surface area (Å²) in [6, 6.07) is 23.1. The van der Waals surface area contributed by atoms with Gasteiger partial charge in [-0.1, -0.05) is 106 Å². The number of urea groups is 1. The van der Waals surface area contributed by atoms with E-state index in [2.05, 4.69) is 15.5 Å². The van der Waals surface area contributed by atoms with Gasteiger partial charge in [0.1, 0.15) is 6.04 Å². The van der Waals surface area contributed by atoms with Crippen LogP contribution in [-0.4, -0.2) is 100 Å². The number of amides is 3. The van der Waals surface area contributed by atoms with Gasteiger partial charge in [-0.2, -0.15) is 4.31 Å². The van der Waals surface area contributed by atoms with Crippen LogP contribution < -0.4 is 5.32 Å². The van der Waals surface area contributed by atoms with Crippen LogP contribution in [0.3, 0.4) is 0 Å². The molecule has 1 fully saturated rings. The Morgan fingerprint density at radius 1 is 0.981 bits per heavy atom. The monoisotopic (exact) mass is 742 g/mol. The molecular weight excluding hydrogens is 693 g/mol. The molecule has 12 nitrogen and oxygen atoms in total. The van der Waals surface area contributed by atoms with Gasteiger partial charge in [0.2, 0.25) is 15.9 Å². The first-order chi connectivity index (χ1) is 25.4. The van der Waals surface area contributed by atoms with E-state index in [4.69, 9.17) is 5.21 Å². The minimum absolute atomic E-state index is 0.0253. The third-order valence-electron chi connectivity index (χ3n) is 9.77. The lowest BCUT2D eigenvalue weighted by Gasteiger charge is -2.35.